The lowest BCUT2D eigenvalue weighted by Crippen LogP contribution is -2.22. The molecule has 1 aliphatic rings. The molecule has 1 fully saturated rings. The minimum Gasteiger partial charge on any atom is -0.493 e. The molecule has 3 rings (SSSR count). The molecule has 0 radical (unpaired) electrons. The zero-order chi connectivity index (χ0) is 20.6. The summed E-state index contributed by atoms with van der Waals surface area (Å²) in [5.74, 6) is 2.51. The van der Waals surface area contributed by atoms with Crippen LogP contribution in [0.4, 0.5) is 5.69 Å². The van der Waals surface area contributed by atoms with Crippen LogP contribution in [-0.4, -0.2) is 31.9 Å². The number of aryl methyl sites for hydroxylation is 1. The zero-order valence-electron chi connectivity index (χ0n) is 17.9. The molecule has 6 nitrogen and oxygen atoms in total. The molecule has 1 heterocycles. The molecule has 0 spiro atoms. The smallest absolute Gasteiger partial charge is 0.193 e. The summed E-state index contributed by atoms with van der Waals surface area (Å²) in [6.45, 7) is 8.77. The van der Waals surface area contributed by atoms with Gasteiger partial charge in [-0.25, -0.2) is 4.99 Å². The molecule has 1 saturated heterocycles. The fourth-order valence-corrected chi connectivity index (χ4v) is 3.10. The van der Waals surface area contributed by atoms with Crippen LogP contribution in [0.2, 0.25) is 0 Å². The van der Waals surface area contributed by atoms with Gasteiger partial charge in [-0.2, -0.15) is 0 Å². The van der Waals surface area contributed by atoms with Crippen LogP contribution in [0.25, 0.3) is 0 Å². The minimum absolute atomic E-state index is 0. The summed E-state index contributed by atoms with van der Waals surface area (Å²) in [6.07, 6.45) is 1.20. The Kier molecular flexibility index (Phi) is 9.71. The number of rotatable bonds is 8. The van der Waals surface area contributed by atoms with Crippen LogP contribution in [0.5, 0.6) is 11.5 Å². The molecule has 0 amide bonds. The maximum atomic E-state index is 6.08. The predicted molar refractivity (Wildman–Crippen MR) is 132 cm³/mol. The Labute approximate surface area is 196 Å². The highest BCUT2D eigenvalue weighted by Gasteiger charge is 2.17. The fraction of sp³-hybridized carbons (Fsp3) is 0.435. The van der Waals surface area contributed by atoms with E-state index in [0.29, 0.717) is 25.0 Å². The van der Waals surface area contributed by atoms with E-state index in [9.17, 15) is 0 Å². The summed E-state index contributed by atoms with van der Waals surface area (Å²) in [5.41, 5.74) is 9.11. The van der Waals surface area contributed by atoms with Crippen LogP contribution in [0.15, 0.2) is 47.5 Å². The van der Waals surface area contributed by atoms with Crippen molar-refractivity contribution in [3.05, 3.63) is 53.6 Å². The first-order valence-electron chi connectivity index (χ1n) is 10.1. The molecule has 7 heteroatoms. The lowest BCUT2D eigenvalue weighted by molar-refractivity contribution is 0.166. The van der Waals surface area contributed by atoms with Crippen LogP contribution in [0, 0.1) is 12.8 Å². The second-order valence-electron chi connectivity index (χ2n) is 7.67. The molecular formula is C23H32IN3O3. The lowest BCUT2D eigenvalue weighted by Gasteiger charge is -2.14. The molecule has 3 N–H and O–H groups in total. The molecule has 30 heavy (non-hydrogen) atoms. The molecule has 0 saturated carbocycles. The van der Waals surface area contributed by atoms with Gasteiger partial charge in [-0.1, -0.05) is 12.1 Å². The summed E-state index contributed by atoms with van der Waals surface area (Å²) in [5, 5.41) is 3.12. The first-order chi connectivity index (χ1) is 14.0. The zero-order valence-corrected chi connectivity index (χ0v) is 20.2. The number of guanidine groups is 1. The number of hydrogen-bond acceptors (Lipinski definition) is 4. The van der Waals surface area contributed by atoms with Gasteiger partial charge >= 0.3 is 0 Å². The summed E-state index contributed by atoms with van der Waals surface area (Å²) in [7, 11) is 0. The van der Waals surface area contributed by atoms with Crippen molar-refractivity contribution in [3.8, 4) is 11.5 Å². The Morgan fingerprint density at radius 2 is 2.00 bits per heavy atom. The van der Waals surface area contributed by atoms with Crippen molar-refractivity contribution in [2.24, 2.45) is 16.6 Å². The summed E-state index contributed by atoms with van der Waals surface area (Å²) >= 11 is 0. The maximum Gasteiger partial charge on any atom is 0.193 e. The number of anilines is 1. The lowest BCUT2D eigenvalue weighted by atomic mass is 10.1. The molecular weight excluding hydrogens is 493 g/mol. The number of ether oxygens (including phenoxy) is 3. The van der Waals surface area contributed by atoms with E-state index >= 15 is 0 Å². The molecule has 1 atom stereocenters. The predicted octanol–water partition coefficient (Wildman–Crippen LogP) is 4.74. The van der Waals surface area contributed by atoms with Crippen LogP contribution >= 0.6 is 24.0 Å². The molecule has 0 aliphatic carbocycles. The van der Waals surface area contributed by atoms with E-state index in [2.05, 4.69) is 29.4 Å². The Morgan fingerprint density at radius 3 is 2.67 bits per heavy atom. The number of nitrogens with one attached hydrogen (secondary N) is 1. The van der Waals surface area contributed by atoms with Crippen molar-refractivity contribution >= 4 is 35.6 Å². The van der Waals surface area contributed by atoms with E-state index in [4.69, 9.17) is 19.9 Å². The van der Waals surface area contributed by atoms with E-state index in [1.54, 1.807) is 0 Å². The van der Waals surface area contributed by atoms with Gasteiger partial charge in [0.1, 0.15) is 11.5 Å². The van der Waals surface area contributed by atoms with Crippen LogP contribution in [-0.2, 0) is 11.3 Å². The van der Waals surface area contributed by atoms with Crippen LogP contribution in [0.1, 0.15) is 31.4 Å². The van der Waals surface area contributed by atoms with Crippen molar-refractivity contribution in [3.63, 3.8) is 0 Å². The highest BCUT2D eigenvalue weighted by Crippen LogP contribution is 2.23. The van der Waals surface area contributed by atoms with Gasteiger partial charge in [0, 0.05) is 23.8 Å². The number of aliphatic imine (C=N–C) groups is 1. The largest absolute Gasteiger partial charge is 0.493 e. The average molecular weight is 525 g/mol. The Hall–Kier alpha value is -2.00. The topological polar surface area (TPSA) is 78.1 Å². The summed E-state index contributed by atoms with van der Waals surface area (Å²) < 4.78 is 17.2. The average Bonchev–Trinajstić information content (AvgIpc) is 3.20. The third-order valence-electron chi connectivity index (χ3n) is 4.64. The number of halogens is 1. The fourth-order valence-electron chi connectivity index (χ4n) is 3.10. The van der Waals surface area contributed by atoms with Crippen molar-refractivity contribution in [1.82, 2.24) is 0 Å². The van der Waals surface area contributed by atoms with Crippen LogP contribution in [0.3, 0.4) is 0 Å². The van der Waals surface area contributed by atoms with Gasteiger partial charge in [-0.3, -0.25) is 0 Å². The molecule has 2 aromatic rings. The molecule has 2 aromatic carbocycles. The van der Waals surface area contributed by atoms with E-state index in [-0.39, 0.29) is 30.1 Å². The first kappa shape index (κ1) is 24.3. The Bertz CT molecular complexity index is 819. The SMILES string of the molecule is Cc1ccc(CN=C(N)Nc2ccc(OC(C)C)cc2)c(OCC2CCOC2)c1.I. The van der Waals surface area contributed by atoms with E-state index < -0.39 is 0 Å². The second-order valence-corrected chi connectivity index (χ2v) is 7.67. The van der Waals surface area contributed by atoms with Gasteiger partial charge < -0.3 is 25.3 Å². The molecule has 0 bridgehead atoms. The van der Waals surface area contributed by atoms with Crippen molar-refractivity contribution in [2.45, 2.75) is 39.8 Å². The normalized spacial score (nSPS) is 16.3. The highest BCUT2D eigenvalue weighted by atomic mass is 127. The minimum atomic E-state index is 0. The van der Waals surface area contributed by atoms with E-state index in [1.807, 2.05) is 44.2 Å². The monoisotopic (exact) mass is 525 g/mol. The maximum absolute atomic E-state index is 6.08. The number of hydrogen-bond donors (Lipinski definition) is 2. The van der Waals surface area contributed by atoms with Crippen LogP contribution < -0.4 is 20.5 Å². The molecule has 164 valence electrons. The van der Waals surface area contributed by atoms with Crippen molar-refractivity contribution in [1.29, 1.82) is 0 Å². The van der Waals surface area contributed by atoms with Gasteiger partial charge in [0.25, 0.3) is 0 Å². The molecule has 0 aromatic heterocycles. The number of nitrogens with two attached hydrogens (primary N) is 1. The summed E-state index contributed by atoms with van der Waals surface area (Å²) in [4.78, 5) is 4.48. The second kappa shape index (κ2) is 12.0. The Morgan fingerprint density at radius 1 is 1.23 bits per heavy atom. The highest BCUT2D eigenvalue weighted by molar-refractivity contribution is 14.0. The third kappa shape index (κ3) is 7.68. The van der Waals surface area contributed by atoms with E-state index in [1.165, 1.54) is 0 Å². The van der Waals surface area contributed by atoms with E-state index in [0.717, 1.165) is 47.9 Å². The molecule has 1 unspecified atom stereocenters. The van der Waals surface area contributed by atoms with Gasteiger partial charge in [0.15, 0.2) is 5.96 Å². The van der Waals surface area contributed by atoms with Gasteiger partial charge in [-0.15, -0.1) is 24.0 Å². The third-order valence-corrected chi connectivity index (χ3v) is 4.64. The van der Waals surface area contributed by atoms with Crippen molar-refractivity contribution < 1.29 is 14.2 Å². The van der Waals surface area contributed by atoms with Gasteiger partial charge in [0.05, 0.1) is 25.9 Å². The van der Waals surface area contributed by atoms with Gasteiger partial charge in [0.2, 0.25) is 0 Å². The number of benzene rings is 2. The Balaban J connectivity index is 0.00000320. The van der Waals surface area contributed by atoms with Crippen molar-refractivity contribution in [2.75, 3.05) is 25.1 Å². The van der Waals surface area contributed by atoms with Gasteiger partial charge in [-0.05, 0) is 63.1 Å². The first-order valence-corrected chi connectivity index (χ1v) is 10.1. The summed E-state index contributed by atoms with van der Waals surface area (Å²) in [6, 6.07) is 13.8. The number of nitrogens with zero attached hydrogens (tertiary/aromatic N) is 1. The standard InChI is InChI=1S/C23H31N3O3.HI/c1-16(2)29-21-8-6-20(7-9-21)26-23(24)25-13-19-5-4-17(3)12-22(19)28-15-18-10-11-27-14-18;/h4-9,12,16,18H,10-11,13-15H2,1-3H3,(H3,24,25,26);1H. The quantitative estimate of drug-likeness (QED) is 0.296. The molecule has 1 aliphatic heterocycles.